The van der Waals surface area contributed by atoms with Gasteiger partial charge in [0.25, 0.3) is 0 Å². The van der Waals surface area contributed by atoms with Crippen LogP contribution in [0, 0.1) is 13.8 Å². The van der Waals surface area contributed by atoms with Crippen LogP contribution >= 0.6 is 22.9 Å². The van der Waals surface area contributed by atoms with E-state index in [-0.39, 0.29) is 13.1 Å². The zero-order chi connectivity index (χ0) is 18.6. The predicted molar refractivity (Wildman–Crippen MR) is 102 cm³/mol. The van der Waals surface area contributed by atoms with Crippen molar-refractivity contribution in [3.05, 3.63) is 51.0 Å². The minimum absolute atomic E-state index is 0.0904. The molecule has 1 aliphatic heterocycles. The van der Waals surface area contributed by atoms with Gasteiger partial charge in [-0.05, 0) is 37.1 Å². The summed E-state index contributed by atoms with van der Waals surface area (Å²) in [6.07, 6.45) is -0.968. The Bertz CT molecular complexity index is 985. The quantitative estimate of drug-likeness (QED) is 0.710. The second kappa shape index (κ2) is 6.13. The van der Waals surface area contributed by atoms with Crippen molar-refractivity contribution in [2.24, 2.45) is 0 Å². The molecule has 3 heterocycles. The molecule has 0 bridgehead atoms. The Morgan fingerprint density at radius 3 is 2.58 bits per heavy atom. The Morgan fingerprint density at radius 1 is 1.27 bits per heavy atom. The second-order valence-corrected chi connectivity index (χ2v) is 8.19. The van der Waals surface area contributed by atoms with Crippen molar-refractivity contribution in [1.82, 2.24) is 15.1 Å². The van der Waals surface area contributed by atoms with Crippen LogP contribution in [0.15, 0.2) is 24.3 Å². The fourth-order valence-electron chi connectivity index (χ4n) is 3.32. The highest BCUT2D eigenvalue weighted by Gasteiger charge is 2.48. The number of halogens is 2. The first-order chi connectivity index (χ1) is 12.3. The largest absolute Gasteiger partial charge is 0.397 e. The average molecular weight is 393 g/mol. The highest BCUT2D eigenvalue weighted by atomic mass is 35.5. The first-order valence-electron chi connectivity index (χ1n) is 8.19. The van der Waals surface area contributed by atoms with Crippen molar-refractivity contribution in [3.63, 3.8) is 0 Å². The molecular weight excluding hydrogens is 375 g/mol. The SMILES string of the molecule is Cc1nnc2sc(C(O)N3CC(F)(c4ccc(Cl)cc4)C3)c(N)c2c1C. The number of hydrogen-bond donors (Lipinski definition) is 2. The molecule has 1 saturated heterocycles. The molecule has 3 N–H and O–H groups in total. The lowest BCUT2D eigenvalue weighted by Gasteiger charge is -2.46. The Balaban J connectivity index is 1.59. The number of anilines is 1. The Kier molecular flexibility index (Phi) is 4.15. The Morgan fingerprint density at radius 2 is 1.92 bits per heavy atom. The number of likely N-dealkylation sites (tertiary alicyclic amines) is 1. The third kappa shape index (κ3) is 2.66. The maximum absolute atomic E-state index is 15.1. The van der Waals surface area contributed by atoms with Crippen LogP contribution in [0.1, 0.15) is 27.9 Å². The third-order valence-corrected chi connectivity index (χ3v) is 6.39. The van der Waals surface area contributed by atoms with Gasteiger partial charge in [0.05, 0.1) is 16.3 Å². The fraction of sp³-hybridized carbons (Fsp3) is 0.333. The van der Waals surface area contributed by atoms with E-state index in [1.165, 1.54) is 11.3 Å². The molecule has 0 saturated carbocycles. The van der Waals surface area contributed by atoms with Gasteiger partial charge in [-0.15, -0.1) is 16.4 Å². The van der Waals surface area contributed by atoms with Gasteiger partial charge in [-0.1, -0.05) is 23.7 Å². The number of fused-ring (bicyclic) bond motifs is 1. The van der Waals surface area contributed by atoms with E-state index in [0.717, 1.165) is 16.6 Å². The lowest BCUT2D eigenvalue weighted by molar-refractivity contribution is -0.127. The van der Waals surface area contributed by atoms with E-state index in [4.69, 9.17) is 17.3 Å². The molecule has 2 aromatic heterocycles. The van der Waals surface area contributed by atoms with E-state index < -0.39 is 11.9 Å². The van der Waals surface area contributed by atoms with E-state index in [1.807, 2.05) is 13.8 Å². The van der Waals surface area contributed by atoms with Crippen molar-refractivity contribution < 1.29 is 9.50 Å². The molecule has 4 rings (SSSR count). The van der Waals surface area contributed by atoms with Gasteiger partial charge in [0.2, 0.25) is 0 Å². The van der Waals surface area contributed by atoms with Crippen LogP contribution in [-0.2, 0) is 5.67 Å². The lowest BCUT2D eigenvalue weighted by Crippen LogP contribution is -2.57. The molecule has 0 radical (unpaired) electrons. The number of hydrogen-bond acceptors (Lipinski definition) is 6. The van der Waals surface area contributed by atoms with Gasteiger partial charge in [-0.2, -0.15) is 5.10 Å². The molecule has 0 spiro atoms. The van der Waals surface area contributed by atoms with Gasteiger partial charge in [0, 0.05) is 23.5 Å². The molecule has 3 aromatic rings. The first kappa shape index (κ1) is 17.6. The van der Waals surface area contributed by atoms with Crippen LogP contribution in [0.3, 0.4) is 0 Å². The van der Waals surface area contributed by atoms with Crippen LogP contribution in [0.2, 0.25) is 5.02 Å². The highest BCUT2D eigenvalue weighted by molar-refractivity contribution is 7.19. The zero-order valence-electron chi connectivity index (χ0n) is 14.3. The van der Waals surface area contributed by atoms with E-state index in [1.54, 1.807) is 29.2 Å². The molecule has 5 nitrogen and oxygen atoms in total. The van der Waals surface area contributed by atoms with E-state index in [2.05, 4.69) is 10.2 Å². The monoisotopic (exact) mass is 392 g/mol. The third-order valence-electron chi connectivity index (χ3n) is 5.01. The number of aryl methyl sites for hydroxylation is 2. The summed E-state index contributed by atoms with van der Waals surface area (Å²) in [7, 11) is 0. The summed E-state index contributed by atoms with van der Waals surface area (Å²) in [4.78, 5) is 2.93. The normalized spacial score (nSPS) is 18.0. The topological polar surface area (TPSA) is 75.3 Å². The lowest BCUT2D eigenvalue weighted by atomic mass is 9.87. The average Bonchev–Trinajstić information content (AvgIpc) is 2.93. The van der Waals surface area contributed by atoms with Crippen LogP contribution in [0.25, 0.3) is 10.2 Å². The van der Waals surface area contributed by atoms with Gasteiger partial charge in [0.1, 0.15) is 11.1 Å². The molecule has 1 unspecified atom stereocenters. The van der Waals surface area contributed by atoms with Crippen LogP contribution in [0.5, 0.6) is 0 Å². The Hall–Kier alpha value is -1.80. The summed E-state index contributed by atoms with van der Waals surface area (Å²) in [6.45, 7) is 3.98. The number of rotatable bonds is 3. The summed E-state index contributed by atoms with van der Waals surface area (Å²) in [5, 5.41) is 20.4. The molecular formula is C18H18ClFN4OS. The molecule has 26 heavy (non-hydrogen) atoms. The summed E-state index contributed by atoms with van der Waals surface area (Å²) >= 11 is 7.17. The van der Waals surface area contributed by atoms with Crippen molar-refractivity contribution in [1.29, 1.82) is 0 Å². The van der Waals surface area contributed by atoms with Crippen LogP contribution in [-0.4, -0.2) is 33.3 Å². The van der Waals surface area contributed by atoms with Gasteiger partial charge >= 0.3 is 0 Å². The summed E-state index contributed by atoms with van der Waals surface area (Å²) in [5.74, 6) is 0. The number of alkyl halides is 1. The second-order valence-electron chi connectivity index (χ2n) is 6.72. The molecule has 1 fully saturated rings. The van der Waals surface area contributed by atoms with E-state index >= 15 is 4.39 Å². The minimum Gasteiger partial charge on any atom is -0.397 e. The van der Waals surface area contributed by atoms with Gasteiger partial charge in [-0.3, -0.25) is 4.90 Å². The number of benzene rings is 1. The van der Waals surface area contributed by atoms with Crippen molar-refractivity contribution in [2.45, 2.75) is 25.7 Å². The molecule has 1 aliphatic rings. The number of thiophene rings is 1. The minimum atomic E-state index is -1.50. The first-order valence-corrected chi connectivity index (χ1v) is 9.38. The molecule has 0 amide bonds. The van der Waals surface area contributed by atoms with Crippen molar-refractivity contribution in [2.75, 3.05) is 18.8 Å². The zero-order valence-corrected chi connectivity index (χ0v) is 15.9. The van der Waals surface area contributed by atoms with Crippen molar-refractivity contribution >= 4 is 38.8 Å². The molecule has 1 aromatic carbocycles. The van der Waals surface area contributed by atoms with E-state index in [0.29, 0.717) is 26.0 Å². The highest BCUT2D eigenvalue weighted by Crippen LogP contribution is 2.45. The number of nitrogens with two attached hydrogens (primary N) is 1. The number of nitrogen functional groups attached to an aromatic ring is 1. The maximum Gasteiger partial charge on any atom is 0.161 e. The number of nitrogens with zero attached hydrogens (tertiary/aromatic N) is 3. The summed E-state index contributed by atoms with van der Waals surface area (Å²) < 4.78 is 15.1. The predicted octanol–water partition coefficient (Wildman–Crippen LogP) is 3.72. The molecule has 8 heteroatoms. The number of aromatic nitrogens is 2. The van der Waals surface area contributed by atoms with Crippen molar-refractivity contribution in [3.8, 4) is 0 Å². The van der Waals surface area contributed by atoms with E-state index in [9.17, 15) is 5.11 Å². The maximum atomic E-state index is 15.1. The van der Waals surface area contributed by atoms with Crippen LogP contribution in [0.4, 0.5) is 10.1 Å². The van der Waals surface area contributed by atoms with Crippen LogP contribution < -0.4 is 5.73 Å². The van der Waals surface area contributed by atoms with Gasteiger partial charge < -0.3 is 10.8 Å². The van der Waals surface area contributed by atoms with Gasteiger partial charge in [0.15, 0.2) is 5.67 Å². The van der Waals surface area contributed by atoms with Gasteiger partial charge in [-0.25, -0.2) is 4.39 Å². The summed E-state index contributed by atoms with van der Waals surface area (Å²) in [5.41, 5.74) is 7.58. The molecule has 1 atom stereocenters. The Labute approximate surface area is 159 Å². The number of aliphatic hydroxyl groups excluding tert-OH is 1. The standard InChI is InChI=1S/C18H18ClFN4OS/c1-9-10(2)22-23-16-13(9)14(21)15(26-16)17(25)24-7-18(20,8-24)11-3-5-12(19)6-4-11/h3-6,17,25H,7-8,21H2,1-2H3. The smallest absolute Gasteiger partial charge is 0.161 e. The summed E-state index contributed by atoms with van der Waals surface area (Å²) in [6, 6.07) is 6.71. The molecule has 136 valence electrons. The fourth-order valence-corrected chi connectivity index (χ4v) is 4.56. The molecule has 0 aliphatic carbocycles. The number of aliphatic hydroxyl groups is 1.